The summed E-state index contributed by atoms with van der Waals surface area (Å²) in [7, 11) is 0. The Labute approximate surface area is 875 Å². The van der Waals surface area contributed by atoms with Gasteiger partial charge in [0.15, 0.2) is 0 Å². The summed E-state index contributed by atoms with van der Waals surface area (Å²) in [5, 5.41) is 15.1. The Balaban J connectivity index is 0.000000147. The van der Waals surface area contributed by atoms with Crippen LogP contribution in [0.1, 0.15) is 80.5 Å². The second-order valence-corrected chi connectivity index (χ2v) is 42.5. The molecule has 2 aromatic heterocycles. The van der Waals surface area contributed by atoms with Crippen LogP contribution in [0, 0.1) is 6.92 Å². The third kappa shape index (κ3) is 14.3. The first-order chi connectivity index (χ1) is 73.6. The summed E-state index contributed by atoms with van der Waals surface area (Å²) < 4.78 is 4.85. The van der Waals surface area contributed by atoms with Gasteiger partial charge in [0.2, 0.25) is 0 Å². The number of fused-ring (bicyclic) bond motifs is 19. The molecule has 0 unspecified atom stereocenters. The molecule has 0 fully saturated rings. The van der Waals surface area contributed by atoms with Crippen molar-refractivity contribution in [3.05, 3.63) is 555 Å². The van der Waals surface area contributed by atoms with E-state index in [1.54, 1.807) is 0 Å². The fourth-order valence-corrected chi connectivity index (χ4v) is 25.8. The largest absolute Gasteiger partial charge is 0.311 e. The van der Waals surface area contributed by atoms with Crippen LogP contribution in [0.3, 0.4) is 0 Å². The molecular weight excluding hydrogens is 1810 g/mol. The van der Waals surface area contributed by atoms with Crippen LogP contribution >= 0.6 is 0 Å². The van der Waals surface area contributed by atoms with E-state index in [0.29, 0.717) is 0 Å². The van der Waals surface area contributed by atoms with Gasteiger partial charge in [-0.1, -0.05) is 411 Å². The van der Waals surface area contributed by atoms with Crippen LogP contribution in [-0.4, -0.2) is 9.13 Å². The zero-order valence-electron chi connectivity index (χ0n) is 84.9. The molecule has 24 aromatic carbocycles. The summed E-state index contributed by atoms with van der Waals surface area (Å²) in [5.74, 6) is 0. The van der Waals surface area contributed by atoms with Crippen molar-refractivity contribution < 1.29 is 0 Å². The quantitative estimate of drug-likeness (QED) is 0.0951. The zero-order valence-corrected chi connectivity index (χ0v) is 84.9. The zero-order chi connectivity index (χ0) is 100. The van der Waals surface area contributed by atoms with Crippen LogP contribution in [0.5, 0.6) is 0 Å². The lowest BCUT2D eigenvalue weighted by molar-refractivity contribution is 0.660. The van der Waals surface area contributed by atoms with E-state index in [0.717, 1.165) is 45.5 Å². The average Bonchev–Trinajstić information content (AvgIpc) is 1.58. The van der Waals surface area contributed by atoms with Gasteiger partial charge in [-0.15, -0.1) is 0 Å². The number of benzene rings is 24. The topological polar surface area (TPSA) is 16.3 Å². The van der Waals surface area contributed by atoms with Crippen molar-refractivity contribution in [2.45, 2.75) is 64.7 Å². The maximum Gasteiger partial charge on any atom is 0.0541 e. The van der Waals surface area contributed by atoms with Gasteiger partial charge >= 0.3 is 0 Å². The van der Waals surface area contributed by atoms with E-state index in [2.05, 4.69) is 583 Å². The molecule has 0 radical (unpaired) electrons. The fraction of sp³-hybridized carbons (Fsp3) is 0.0685. The van der Waals surface area contributed by atoms with Crippen LogP contribution in [0.15, 0.2) is 516 Å². The highest BCUT2D eigenvalue weighted by atomic mass is 15.2. The molecular formula is C146H106N4. The smallest absolute Gasteiger partial charge is 0.0541 e. The van der Waals surface area contributed by atoms with Gasteiger partial charge in [0.25, 0.3) is 0 Å². The fourth-order valence-electron chi connectivity index (χ4n) is 25.8. The summed E-state index contributed by atoms with van der Waals surface area (Å²) in [6, 6.07) is 191. The minimum Gasteiger partial charge on any atom is -0.311 e. The van der Waals surface area contributed by atoms with Gasteiger partial charge < -0.3 is 18.9 Å². The van der Waals surface area contributed by atoms with Crippen molar-refractivity contribution in [1.29, 1.82) is 0 Å². The van der Waals surface area contributed by atoms with E-state index >= 15 is 0 Å². The molecule has 0 saturated heterocycles. The van der Waals surface area contributed by atoms with E-state index in [9.17, 15) is 0 Å². The Hall–Kier alpha value is -18.5. The minimum absolute atomic E-state index is 0.0883. The SMILES string of the molecule is CC1(C)c2ccccc2-c2ccc(-c3ccc4c(c3)c3cc(-c5ccc6c(c5)C(C)(C)c5ccccc5-6)ccc3n4-c3ccc(N(c4ccccc4)c4ccc(-c5c6ccccc6c(-c6ccccc6)c6ccccc56)cc4)cc3)cc21.Cc1ccc2c(-c3ccccc3-c3ccccc3)c3ccccc3c(-c3ccc4c(c3)C(C)(C)c3cc(N(c5ccccc5)c5ccc(-n6c7ccccc7c7ccccc76)cc5)ccc3-4)c2c1. The monoisotopic (exact) mass is 1910 g/mol. The van der Waals surface area contributed by atoms with Crippen LogP contribution < -0.4 is 9.80 Å². The van der Waals surface area contributed by atoms with Gasteiger partial charge in [-0.05, 0) is 346 Å². The standard InChI is InChI=1S/C80H58N2.C66H48N2/c1-79(2)71-29-17-15-23-61(71)63-43-33-55(49-73(63)79)53-35-45-75-69(47-53)70-48-54(56-34-44-64-62-24-16-18-30-72(62)80(3,4)74(64)50-56)36-46-76(70)82(75)60-41-39-59(40-42-60)81(57-21-9-6-10-22-57)58-37-31-52(32-38-58)78-67-27-13-11-25-65(67)77(51-19-7-5-8-20-51)66-26-12-14-28-68(66)78;1-43-30-37-58-59(40-43)64(56-26-12-13-27-57(56)65(58)55-25-11-10-22-50(55)44-18-6-4-7-19-44)45-31-38-51-52-39-36-49(42-61(52)66(2,3)60(51)41-45)67(46-20-8-5-9-21-46)47-32-34-48(35-33-47)68-62-28-16-14-23-53(62)54-24-15-17-29-63(54)68/h5-50H,1-4H3;4-42H,1-3H3. The number of hydrogen-bond donors (Lipinski definition) is 0. The molecule has 3 aliphatic rings. The summed E-state index contributed by atoms with van der Waals surface area (Å²) in [6.07, 6.45) is 0. The van der Waals surface area contributed by atoms with E-state index in [4.69, 9.17) is 0 Å². The summed E-state index contributed by atoms with van der Waals surface area (Å²) in [6.45, 7) is 16.5. The lowest BCUT2D eigenvalue weighted by Crippen LogP contribution is -2.16. The molecule has 710 valence electrons. The van der Waals surface area contributed by atoms with Crippen LogP contribution in [0.2, 0.25) is 0 Å². The molecule has 0 saturated carbocycles. The Bertz CT molecular complexity index is 9680. The Morgan fingerprint density at radius 1 is 0.153 bits per heavy atom. The van der Waals surface area contributed by atoms with E-state index in [1.807, 2.05) is 0 Å². The molecule has 0 N–H and O–H groups in total. The summed E-state index contributed by atoms with van der Waals surface area (Å²) in [5.41, 5.74) is 48.1. The number of nitrogens with zero attached hydrogens (tertiary/aromatic N) is 4. The molecule has 0 amide bonds. The van der Waals surface area contributed by atoms with E-state index < -0.39 is 0 Å². The lowest BCUT2D eigenvalue weighted by Gasteiger charge is -2.28. The third-order valence-corrected chi connectivity index (χ3v) is 33.0. The number of rotatable bonds is 15. The van der Waals surface area contributed by atoms with Crippen molar-refractivity contribution in [3.8, 4) is 123 Å². The van der Waals surface area contributed by atoms with Gasteiger partial charge in [-0.25, -0.2) is 0 Å². The molecule has 29 rings (SSSR count). The highest BCUT2D eigenvalue weighted by Crippen LogP contribution is 2.58. The average molecular weight is 1920 g/mol. The highest BCUT2D eigenvalue weighted by molar-refractivity contribution is 6.24. The normalized spacial score (nSPS) is 13.2. The molecule has 4 heteroatoms. The first kappa shape index (κ1) is 89.2. The second-order valence-electron chi connectivity index (χ2n) is 42.5. The van der Waals surface area contributed by atoms with Crippen molar-refractivity contribution in [2.24, 2.45) is 0 Å². The number of hydrogen-bond acceptors (Lipinski definition) is 2. The Morgan fingerprint density at radius 2 is 0.433 bits per heavy atom. The molecule has 150 heavy (non-hydrogen) atoms. The van der Waals surface area contributed by atoms with Crippen LogP contribution in [-0.2, 0) is 16.2 Å². The van der Waals surface area contributed by atoms with E-state index in [1.165, 1.54) is 237 Å². The van der Waals surface area contributed by atoms with Crippen molar-refractivity contribution in [3.63, 3.8) is 0 Å². The van der Waals surface area contributed by atoms with Gasteiger partial charge in [0, 0.05) is 83.3 Å². The van der Waals surface area contributed by atoms with Crippen LogP contribution in [0.4, 0.5) is 34.1 Å². The predicted octanol–water partition coefficient (Wildman–Crippen LogP) is 40.0. The Kier molecular flexibility index (Phi) is 20.9. The first-order valence-corrected chi connectivity index (χ1v) is 52.6. The number of anilines is 6. The molecule has 0 aliphatic heterocycles. The molecule has 3 aliphatic carbocycles. The first-order valence-electron chi connectivity index (χ1n) is 52.6. The summed E-state index contributed by atoms with van der Waals surface area (Å²) >= 11 is 0. The lowest BCUT2D eigenvalue weighted by atomic mass is 9.80. The maximum atomic E-state index is 2.50. The molecule has 0 bridgehead atoms. The van der Waals surface area contributed by atoms with E-state index in [-0.39, 0.29) is 16.2 Å². The van der Waals surface area contributed by atoms with Gasteiger partial charge in [-0.2, -0.15) is 0 Å². The summed E-state index contributed by atoms with van der Waals surface area (Å²) in [4.78, 5) is 4.78. The second kappa shape index (κ2) is 35.2. The van der Waals surface area contributed by atoms with Crippen molar-refractivity contribution in [1.82, 2.24) is 9.13 Å². The van der Waals surface area contributed by atoms with Crippen molar-refractivity contribution in [2.75, 3.05) is 9.80 Å². The Morgan fingerprint density at radius 3 is 0.893 bits per heavy atom. The molecule has 0 atom stereocenters. The highest BCUT2D eigenvalue weighted by Gasteiger charge is 2.40. The number of para-hydroxylation sites is 4. The maximum absolute atomic E-state index is 2.50. The molecule has 2 heterocycles. The van der Waals surface area contributed by atoms with Crippen molar-refractivity contribution >= 4 is 121 Å². The molecule has 26 aromatic rings. The van der Waals surface area contributed by atoms with Gasteiger partial charge in [-0.3, -0.25) is 0 Å². The van der Waals surface area contributed by atoms with Gasteiger partial charge in [0.1, 0.15) is 0 Å². The predicted molar refractivity (Wildman–Crippen MR) is 636 cm³/mol. The minimum atomic E-state index is -0.254. The molecule has 4 nitrogen and oxygen atoms in total. The molecule has 0 spiro atoms. The van der Waals surface area contributed by atoms with Crippen LogP contribution in [0.25, 0.3) is 209 Å². The number of aromatic nitrogens is 2. The number of aryl methyl sites for hydroxylation is 1. The third-order valence-electron chi connectivity index (χ3n) is 33.0. The van der Waals surface area contributed by atoms with Gasteiger partial charge in [0.05, 0.1) is 22.1 Å².